The molecule has 13 nitrogen and oxygen atoms in total. The molecule has 0 fully saturated rings. The fourth-order valence-corrected chi connectivity index (χ4v) is 4.88. The third kappa shape index (κ3) is 9.36. The van der Waals surface area contributed by atoms with Gasteiger partial charge in [-0.1, -0.05) is 0 Å². The van der Waals surface area contributed by atoms with Gasteiger partial charge in [0.2, 0.25) is 11.8 Å². The molecule has 0 atom stereocenters. The maximum Gasteiger partial charge on any atom is 0.317 e. The first-order chi connectivity index (χ1) is 21.9. The monoisotopic (exact) mass is 629 g/mol. The Hall–Kier alpha value is -5.27. The molecule has 4 rings (SSSR count). The molecule has 0 aliphatic carbocycles. The van der Waals surface area contributed by atoms with Gasteiger partial charge in [-0.25, -0.2) is 4.98 Å². The van der Waals surface area contributed by atoms with E-state index < -0.39 is 11.9 Å². The second-order valence-corrected chi connectivity index (χ2v) is 11.4. The predicted molar refractivity (Wildman–Crippen MR) is 180 cm³/mol. The van der Waals surface area contributed by atoms with E-state index >= 15 is 0 Å². The summed E-state index contributed by atoms with van der Waals surface area (Å²) in [7, 11) is 7.23. The van der Waals surface area contributed by atoms with Gasteiger partial charge in [0.05, 0.1) is 29.8 Å². The van der Waals surface area contributed by atoms with Crippen LogP contribution in [-0.2, 0) is 19.2 Å². The first-order valence-electron chi connectivity index (χ1n) is 14.7. The fraction of sp³-hybridized carbons (Fsp3) is 0.303. The number of rotatable bonds is 15. The molecule has 0 aliphatic rings. The third-order valence-electron chi connectivity index (χ3n) is 7.25. The van der Waals surface area contributed by atoms with Crippen LogP contribution in [0.1, 0.15) is 12.8 Å². The molecular formula is C33H39N7O6. The SMILES string of the molecule is CN(CCC(=O)Nc1ccc2c(Nc3ccc(N(C)C)cc3)c3ccc(NC(=O)CCN(C)CC(=O)O)cc3nc2c1)CC(=O)O. The van der Waals surface area contributed by atoms with Crippen molar-refractivity contribution in [1.82, 2.24) is 14.8 Å². The van der Waals surface area contributed by atoms with E-state index in [4.69, 9.17) is 15.2 Å². The molecule has 13 heteroatoms. The molecule has 0 unspecified atom stereocenters. The number of aromatic nitrogens is 1. The topological polar surface area (TPSA) is 167 Å². The molecule has 0 radical (unpaired) electrons. The van der Waals surface area contributed by atoms with Crippen LogP contribution in [0.25, 0.3) is 21.8 Å². The van der Waals surface area contributed by atoms with Gasteiger partial charge in [0, 0.05) is 73.5 Å². The molecule has 46 heavy (non-hydrogen) atoms. The van der Waals surface area contributed by atoms with Gasteiger partial charge in [0.25, 0.3) is 0 Å². The molecule has 4 aromatic rings. The first-order valence-corrected chi connectivity index (χ1v) is 14.7. The number of fused-ring (bicyclic) bond motifs is 2. The molecule has 0 bridgehead atoms. The number of carbonyl (C=O) groups excluding carboxylic acids is 2. The number of benzene rings is 3. The van der Waals surface area contributed by atoms with E-state index in [0.29, 0.717) is 35.5 Å². The summed E-state index contributed by atoms with van der Waals surface area (Å²) in [4.78, 5) is 57.1. The number of nitrogens with one attached hydrogen (secondary N) is 3. The normalized spacial score (nSPS) is 11.2. The Balaban J connectivity index is 1.63. The minimum Gasteiger partial charge on any atom is -0.480 e. The highest BCUT2D eigenvalue weighted by Crippen LogP contribution is 2.36. The second-order valence-electron chi connectivity index (χ2n) is 11.4. The van der Waals surface area contributed by atoms with Crippen LogP contribution in [-0.4, -0.2) is 103 Å². The zero-order valence-corrected chi connectivity index (χ0v) is 26.3. The number of nitrogens with zero attached hydrogens (tertiary/aromatic N) is 4. The van der Waals surface area contributed by atoms with Gasteiger partial charge in [0.15, 0.2) is 0 Å². The van der Waals surface area contributed by atoms with Crippen molar-refractivity contribution in [3.05, 3.63) is 60.7 Å². The lowest BCUT2D eigenvalue weighted by atomic mass is 10.1. The zero-order valence-electron chi connectivity index (χ0n) is 26.3. The molecule has 1 aromatic heterocycles. The summed E-state index contributed by atoms with van der Waals surface area (Å²) >= 11 is 0. The molecule has 3 aromatic carbocycles. The summed E-state index contributed by atoms with van der Waals surface area (Å²) in [5, 5.41) is 28.8. The highest BCUT2D eigenvalue weighted by Gasteiger charge is 2.15. The van der Waals surface area contributed by atoms with Crippen LogP contribution in [0.3, 0.4) is 0 Å². The first kappa shape index (κ1) is 33.6. The average molecular weight is 630 g/mol. The Morgan fingerprint density at radius 1 is 0.652 bits per heavy atom. The fourth-order valence-electron chi connectivity index (χ4n) is 4.88. The molecule has 0 aliphatic heterocycles. The maximum atomic E-state index is 12.6. The lowest BCUT2D eigenvalue weighted by Gasteiger charge is -2.17. The van der Waals surface area contributed by atoms with Gasteiger partial charge in [-0.2, -0.15) is 0 Å². The Morgan fingerprint density at radius 2 is 1.09 bits per heavy atom. The number of hydrogen-bond acceptors (Lipinski definition) is 9. The highest BCUT2D eigenvalue weighted by molar-refractivity contribution is 6.10. The number of carbonyl (C=O) groups is 4. The maximum absolute atomic E-state index is 12.6. The molecule has 0 spiro atoms. The minimum atomic E-state index is -0.958. The number of aliphatic carboxylic acids is 2. The van der Waals surface area contributed by atoms with E-state index in [1.165, 1.54) is 0 Å². The molecule has 0 saturated carbocycles. The number of amides is 2. The Labute approximate surface area is 266 Å². The molecular weight excluding hydrogens is 590 g/mol. The standard InChI is InChI=1S/C33H39N7O6/c1-38(2)24-9-5-21(6-10-24)36-33-25-11-7-22(34-29(41)13-15-39(3)19-31(43)44)17-27(25)37-28-18-23(8-12-26(28)33)35-30(42)14-16-40(4)20-32(45)46/h5-12,17-18H,13-16,19-20H2,1-4H3,(H,34,41)(H,35,42)(H,36,37)(H,43,44)(H,45,46). The number of carboxylic acid groups (broad SMARTS) is 2. The van der Waals surface area contributed by atoms with Crippen molar-refractivity contribution in [1.29, 1.82) is 0 Å². The Bertz CT molecular complexity index is 1640. The van der Waals surface area contributed by atoms with Crippen LogP contribution >= 0.6 is 0 Å². The van der Waals surface area contributed by atoms with Crippen LogP contribution in [0.5, 0.6) is 0 Å². The summed E-state index contributed by atoms with van der Waals surface area (Å²) in [5.74, 6) is -2.42. The molecule has 2 amide bonds. The van der Waals surface area contributed by atoms with Crippen LogP contribution < -0.4 is 20.9 Å². The van der Waals surface area contributed by atoms with Gasteiger partial charge in [-0.3, -0.25) is 29.0 Å². The highest BCUT2D eigenvalue weighted by atomic mass is 16.4. The number of anilines is 5. The summed E-state index contributed by atoms with van der Waals surface area (Å²) in [6.45, 7) is 0.273. The van der Waals surface area contributed by atoms with Crippen LogP contribution in [0.2, 0.25) is 0 Å². The van der Waals surface area contributed by atoms with E-state index in [1.807, 2.05) is 55.4 Å². The van der Waals surface area contributed by atoms with Gasteiger partial charge in [-0.05, 0) is 74.8 Å². The quantitative estimate of drug-likeness (QED) is 0.121. The van der Waals surface area contributed by atoms with Crippen molar-refractivity contribution in [2.45, 2.75) is 12.8 Å². The zero-order chi connectivity index (χ0) is 33.4. The number of pyridine rings is 1. The molecule has 1 heterocycles. The van der Waals surface area contributed by atoms with Crippen LogP contribution in [0.15, 0.2) is 60.7 Å². The van der Waals surface area contributed by atoms with Crippen molar-refractivity contribution in [3.63, 3.8) is 0 Å². The van der Waals surface area contributed by atoms with E-state index in [0.717, 1.165) is 27.8 Å². The summed E-state index contributed by atoms with van der Waals surface area (Å²) in [6.07, 6.45) is 0.246. The number of hydrogen-bond donors (Lipinski definition) is 5. The van der Waals surface area contributed by atoms with Crippen molar-refractivity contribution < 1.29 is 29.4 Å². The summed E-state index contributed by atoms with van der Waals surface area (Å²) < 4.78 is 0. The van der Waals surface area contributed by atoms with Gasteiger partial charge in [-0.15, -0.1) is 0 Å². The lowest BCUT2D eigenvalue weighted by Crippen LogP contribution is -2.29. The van der Waals surface area contributed by atoms with Crippen molar-refractivity contribution in [2.75, 3.05) is 75.2 Å². The van der Waals surface area contributed by atoms with E-state index in [2.05, 4.69) is 16.0 Å². The number of likely N-dealkylation sites (N-methyl/N-ethyl adjacent to an activating group) is 2. The Kier molecular flexibility index (Phi) is 11.1. The van der Waals surface area contributed by atoms with E-state index in [9.17, 15) is 19.2 Å². The third-order valence-corrected chi connectivity index (χ3v) is 7.25. The van der Waals surface area contributed by atoms with Gasteiger partial charge in [0.1, 0.15) is 0 Å². The van der Waals surface area contributed by atoms with Crippen LogP contribution in [0, 0.1) is 0 Å². The molecule has 0 saturated heterocycles. The van der Waals surface area contributed by atoms with Crippen LogP contribution in [0.4, 0.5) is 28.4 Å². The van der Waals surface area contributed by atoms with Gasteiger partial charge >= 0.3 is 11.9 Å². The van der Waals surface area contributed by atoms with Crippen molar-refractivity contribution >= 4 is 74.0 Å². The number of carboxylic acids is 2. The predicted octanol–water partition coefficient (Wildman–Crippen LogP) is 3.89. The van der Waals surface area contributed by atoms with E-state index in [1.54, 1.807) is 48.2 Å². The van der Waals surface area contributed by atoms with Crippen molar-refractivity contribution in [2.24, 2.45) is 0 Å². The summed E-state index contributed by atoms with van der Waals surface area (Å²) in [5.41, 5.74) is 5.03. The molecule has 5 N–H and O–H groups in total. The summed E-state index contributed by atoms with van der Waals surface area (Å²) in [6, 6.07) is 18.9. The van der Waals surface area contributed by atoms with E-state index in [-0.39, 0.29) is 37.7 Å². The lowest BCUT2D eigenvalue weighted by molar-refractivity contribution is -0.139. The minimum absolute atomic E-state index is 0.123. The van der Waals surface area contributed by atoms with Gasteiger partial charge < -0.3 is 31.1 Å². The average Bonchev–Trinajstić information content (AvgIpc) is 2.98. The second kappa shape index (κ2) is 15.1. The Morgan fingerprint density at radius 3 is 1.50 bits per heavy atom. The smallest absolute Gasteiger partial charge is 0.317 e. The largest absolute Gasteiger partial charge is 0.480 e. The molecule has 242 valence electrons. The van der Waals surface area contributed by atoms with Crippen molar-refractivity contribution in [3.8, 4) is 0 Å².